The Morgan fingerprint density at radius 3 is 2.46 bits per heavy atom. The van der Waals surface area contributed by atoms with Crippen LogP contribution in [0, 0.1) is 0 Å². The molecule has 0 fully saturated rings. The van der Waals surface area contributed by atoms with Gasteiger partial charge in [0.05, 0.1) is 23.2 Å². The number of methoxy groups -OCH3 is 1. The third-order valence-electron chi connectivity index (χ3n) is 4.32. The van der Waals surface area contributed by atoms with Gasteiger partial charge in [-0.25, -0.2) is 9.78 Å². The molecule has 0 saturated carbocycles. The van der Waals surface area contributed by atoms with Gasteiger partial charge in [-0.1, -0.05) is 35.3 Å². The zero-order valence-electron chi connectivity index (χ0n) is 14.7. The van der Waals surface area contributed by atoms with Gasteiger partial charge in [-0.15, -0.1) is 0 Å². The summed E-state index contributed by atoms with van der Waals surface area (Å²) in [4.78, 5) is 22.9. The van der Waals surface area contributed by atoms with E-state index in [0.29, 0.717) is 26.7 Å². The van der Waals surface area contributed by atoms with Crippen LogP contribution in [0.3, 0.4) is 0 Å². The van der Waals surface area contributed by atoms with Crippen LogP contribution in [0.15, 0.2) is 53.3 Å². The molecule has 0 aliphatic carbocycles. The summed E-state index contributed by atoms with van der Waals surface area (Å²) in [5.74, 6) is 0.914. The van der Waals surface area contributed by atoms with Gasteiger partial charge in [0, 0.05) is 10.6 Å². The van der Waals surface area contributed by atoms with Crippen molar-refractivity contribution in [1.29, 1.82) is 0 Å². The van der Waals surface area contributed by atoms with Crippen molar-refractivity contribution < 1.29 is 4.74 Å². The molecule has 2 aromatic heterocycles. The lowest BCUT2D eigenvalue weighted by Crippen LogP contribution is -2.14. The topological polar surface area (TPSA) is 93.9 Å². The highest BCUT2D eigenvalue weighted by atomic mass is 35.5. The van der Waals surface area contributed by atoms with Gasteiger partial charge in [-0.3, -0.25) is 4.98 Å². The lowest BCUT2D eigenvalue weighted by Gasteiger charge is -2.12. The molecule has 2 aromatic carbocycles. The van der Waals surface area contributed by atoms with E-state index in [1.807, 2.05) is 30.3 Å². The number of ether oxygens (including phenoxy) is 1. The van der Waals surface area contributed by atoms with Crippen LogP contribution in [-0.4, -0.2) is 22.1 Å². The maximum absolute atomic E-state index is 11.9. The molecule has 6 nitrogen and oxygen atoms in total. The van der Waals surface area contributed by atoms with E-state index < -0.39 is 5.69 Å². The Balaban J connectivity index is 2.06. The largest absolute Gasteiger partial charge is 0.497 e. The first-order valence-corrected chi connectivity index (χ1v) is 9.02. The lowest BCUT2D eigenvalue weighted by atomic mass is 9.99. The van der Waals surface area contributed by atoms with Crippen LogP contribution >= 0.6 is 23.2 Å². The van der Waals surface area contributed by atoms with Gasteiger partial charge < -0.3 is 10.5 Å². The van der Waals surface area contributed by atoms with E-state index in [1.54, 1.807) is 25.3 Å². The number of nitrogens with two attached hydrogens (primary N) is 1. The van der Waals surface area contributed by atoms with E-state index in [9.17, 15) is 4.79 Å². The monoisotopic (exact) mass is 412 g/mol. The van der Waals surface area contributed by atoms with Gasteiger partial charge in [0.2, 0.25) is 0 Å². The van der Waals surface area contributed by atoms with Crippen LogP contribution in [0.1, 0.15) is 0 Å². The molecule has 0 radical (unpaired) electrons. The molecular weight excluding hydrogens is 399 g/mol. The fourth-order valence-corrected chi connectivity index (χ4v) is 3.40. The Hall–Kier alpha value is -3.09. The number of H-pyrrole nitrogens is 1. The number of anilines is 1. The van der Waals surface area contributed by atoms with E-state index in [0.717, 1.165) is 16.9 Å². The van der Waals surface area contributed by atoms with Gasteiger partial charge in [0.15, 0.2) is 5.65 Å². The molecule has 4 aromatic rings. The molecule has 0 amide bonds. The summed E-state index contributed by atoms with van der Waals surface area (Å²) >= 11 is 12.5. The number of rotatable bonds is 3. The van der Waals surface area contributed by atoms with Crippen LogP contribution in [0.25, 0.3) is 33.4 Å². The summed E-state index contributed by atoms with van der Waals surface area (Å²) < 4.78 is 5.22. The summed E-state index contributed by atoms with van der Waals surface area (Å²) in [5.41, 5.74) is 8.50. The predicted octanol–water partition coefficient (Wildman–Crippen LogP) is 4.55. The van der Waals surface area contributed by atoms with Crippen LogP contribution in [0.2, 0.25) is 10.0 Å². The summed E-state index contributed by atoms with van der Waals surface area (Å²) in [6, 6.07) is 14.4. The SMILES string of the molecule is COc1ccc(-c2cc(-c3cc(Cl)ccc3Cl)nc3nc(=O)[nH]c(N)c23)cc1. The van der Waals surface area contributed by atoms with Crippen molar-refractivity contribution in [2.45, 2.75) is 0 Å². The number of pyridine rings is 1. The van der Waals surface area contributed by atoms with Crippen LogP contribution < -0.4 is 16.2 Å². The summed E-state index contributed by atoms with van der Waals surface area (Å²) in [7, 11) is 1.60. The normalized spacial score (nSPS) is 11.0. The van der Waals surface area contributed by atoms with Gasteiger partial charge >= 0.3 is 5.69 Å². The van der Waals surface area contributed by atoms with Crippen LogP contribution in [-0.2, 0) is 0 Å². The summed E-state index contributed by atoms with van der Waals surface area (Å²) in [6.07, 6.45) is 0. The predicted molar refractivity (Wildman–Crippen MR) is 112 cm³/mol. The number of nitrogens with zero attached hydrogens (tertiary/aromatic N) is 2. The molecule has 0 atom stereocenters. The number of benzene rings is 2. The summed E-state index contributed by atoms with van der Waals surface area (Å²) in [5, 5.41) is 1.55. The molecule has 0 aliphatic rings. The number of halogens is 2. The van der Waals surface area contributed by atoms with E-state index in [1.165, 1.54) is 0 Å². The molecule has 0 bridgehead atoms. The molecule has 0 saturated heterocycles. The number of hydrogen-bond donors (Lipinski definition) is 2. The van der Waals surface area contributed by atoms with Crippen molar-refractivity contribution in [2.24, 2.45) is 0 Å². The third kappa shape index (κ3) is 3.28. The molecule has 0 aliphatic heterocycles. The molecule has 140 valence electrons. The molecule has 28 heavy (non-hydrogen) atoms. The van der Waals surface area contributed by atoms with Crippen molar-refractivity contribution in [3.8, 4) is 28.1 Å². The molecule has 2 heterocycles. The second-order valence-corrected chi connectivity index (χ2v) is 6.91. The maximum atomic E-state index is 11.9. The number of aromatic nitrogens is 3. The van der Waals surface area contributed by atoms with E-state index in [2.05, 4.69) is 15.0 Å². The molecule has 3 N–H and O–H groups in total. The Labute approximate surface area is 169 Å². The number of fused-ring (bicyclic) bond motifs is 1. The molecule has 8 heteroatoms. The number of nitrogen functional groups attached to an aromatic ring is 1. The summed E-state index contributed by atoms with van der Waals surface area (Å²) in [6.45, 7) is 0. The Bertz CT molecular complexity index is 1250. The fourth-order valence-electron chi connectivity index (χ4n) is 3.01. The molecule has 0 unspecified atom stereocenters. The first-order chi connectivity index (χ1) is 13.5. The van der Waals surface area contributed by atoms with Gasteiger partial charge in [0.1, 0.15) is 11.6 Å². The minimum atomic E-state index is -0.576. The first-order valence-electron chi connectivity index (χ1n) is 8.26. The first kappa shape index (κ1) is 18.3. The Morgan fingerprint density at radius 1 is 1.00 bits per heavy atom. The molecule has 4 rings (SSSR count). The van der Waals surface area contributed by atoms with E-state index in [-0.39, 0.29) is 11.5 Å². The van der Waals surface area contributed by atoms with Crippen LogP contribution in [0.4, 0.5) is 5.82 Å². The highest BCUT2D eigenvalue weighted by Gasteiger charge is 2.16. The smallest absolute Gasteiger partial charge is 0.348 e. The minimum absolute atomic E-state index is 0.192. The van der Waals surface area contributed by atoms with Gasteiger partial charge in [-0.2, -0.15) is 4.98 Å². The average molecular weight is 413 g/mol. The van der Waals surface area contributed by atoms with Crippen molar-refractivity contribution in [1.82, 2.24) is 15.0 Å². The fraction of sp³-hybridized carbons (Fsp3) is 0.0500. The Kier molecular flexibility index (Phi) is 4.66. The molecular formula is C20H14Cl2N4O2. The quantitative estimate of drug-likeness (QED) is 0.514. The van der Waals surface area contributed by atoms with E-state index in [4.69, 9.17) is 33.7 Å². The van der Waals surface area contributed by atoms with Crippen molar-refractivity contribution in [3.63, 3.8) is 0 Å². The van der Waals surface area contributed by atoms with Gasteiger partial charge in [0.25, 0.3) is 0 Å². The zero-order chi connectivity index (χ0) is 19.8. The highest BCUT2D eigenvalue weighted by Crippen LogP contribution is 2.36. The lowest BCUT2D eigenvalue weighted by molar-refractivity contribution is 0.415. The van der Waals surface area contributed by atoms with Crippen molar-refractivity contribution >= 4 is 40.1 Å². The average Bonchev–Trinajstić information content (AvgIpc) is 2.68. The maximum Gasteiger partial charge on any atom is 0.348 e. The number of hydrogen-bond acceptors (Lipinski definition) is 5. The second-order valence-electron chi connectivity index (χ2n) is 6.06. The number of aromatic amines is 1. The Morgan fingerprint density at radius 2 is 1.75 bits per heavy atom. The third-order valence-corrected chi connectivity index (χ3v) is 4.89. The van der Waals surface area contributed by atoms with Gasteiger partial charge in [-0.05, 0) is 47.5 Å². The molecule has 0 spiro atoms. The highest BCUT2D eigenvalue weighted by molar-refractivity contribution is 6.35. The standard InChI is InChI=1S/C20H14Cl2N4O2/c1-28-12-5-2-10(3-6-12)13-9-16(14-8-11(21)4-7-15(14)22)24-19-17(13)18(23)25-20(27)26-19/h2-9H,1H3,(H3,23,24,25,26,27). The number of nitrogens with one attached hydrogen (secondary N) is 1. The minimum Gasteiger partial charge on any atom is -0.497 e. The second kappa shape index (κ2) is 7.14. The van der Waals surface area contributed by atoms with Crippen LogP contribution in [0.5, 0.6) is 5.75 Å². The van der Waals surface area contributed by atoms with E-state index >= 15 is 0 Å². The van der Waals surface area contributed by atoms with Crippen molar-refractivity contribution in [2.75, 3.05) is 12.8 Å². The zero-order valence-corrected chi connectivity index (χ0v) is 16.2. The van der Waals surface area contributed by atoms with Crippen molar-refractivity contribution in [3.05, 3.63) is 69.1 Å².